The van der Waals surface area contributed by atoms with Gasteiger partial charge in [-0.15, -0.1) is 0 Å². The molecule has 5 nitrogen and oxygen atoms in total. The van der Waals surface area contributed by atoms with Crippen LogP contribution in [0.1, 0.15) is 33.6 Å². The van der Waals surface area contributed by atoms with Gasteiger partial charge in [-0.05, 0) is 38.8 Å². The molecule has 1 heterocycles. The van der Waals surface area contributed by atoms with Crippen molar-refractivity contribution < 1.29 is 14.3 Å². The van der Waals surface area contributed by atoms with Crippen LogP contribution >= 0.6 is 15.9 Å². The van der Waals surface area contributed by atoms with Crippen LogP contribution in [0.25, 0.3) is 0 Å². The minimum Gasteiger partial charge on any atom is -0.480 e. The summed E-state index contributed by atoms with van der Waals surface area (Å²) >= 11 is 3.57. The van der Waals surface area contributed by atoms with Crippen LogP contribution in [-0.2, 0) is 4.79 Å². The Morgan fingerprint density at radius 2 is 2.30 bits per heavy atom. The summed E-state index contributed by atoms with van der Waals surface area (Å²) in [5.74, 6) is -1.01. The van der Waals surface area contributed by atoms with Crippen molar-refractivity contribution in [3.05, 3.63) is 11.6 Å². The summed E-state index contributed by atoms with van der Waals surface area (Å²) in [4.78, 5) is 13.6. The topological polar surface area (TPSA) is 78.6 Å². The van der Waals surface area contributed by atoms with Gasteiger partial charge in [0.05, 0.1) is 11.6 Å². The number of carbonyl (C=O) groups is 1. The summed E-state index contributed by atoms with van der Waals surface area (Å²) in [7, 11) is 0. The number of hydrogen-bond donors (Lipinski definition) is 3. The maximum Gasteiger partial charge on any atom is 0.322 e. The van der Waals surface area contributed by atoms with Crippen molar-refractivity contribution in [1.29, 1.82) is 0 Å². The second-order valence-corrected chi connectivity index (χ2v) is 8.04. The molecule has 0 aromatic rings. The number of nitrogens with two attached hydrogens (primary N) is 1. The summed E-state index contributed by atoms with van der Waals surface area (Å²) in [5.41, 5.74) is 6.13. The molecular weight excluding hydrogens is 365 g/mol. The molecule has 132 valence electrons. The largest absolute Gasteiger partial charge is 0.480 e. The lowest BCUT2D eigenvalue weighted by atomic mass is 9.78. The standard InChI is InChI=1S/C16H27BrFN3O2/c1-4-21-8-16(3,11-7-10(17)5-6-12(11)18)20-9(2)14(21)13(19)15(22)23/h7,9-10,12-14,20H,4-6,8,19H2,1-3H3,(H,22,23)/t9-,10?,12?,13?,14-,16-/m0/s1. The van der Waals surface area contributed by atoms with Crippen LogP contribution < -0.4 is 11.1 Å². The lowest BCUT2D eigenvalue weighted by Gasteiger charge is -2.52. The van der Waals surface area contributed by atoms with E-state index in [0.717, 1.165) is 12.0 Å². The number of piperazine rings is 1. The van der Waals surface area contributed by atoms with Gasteiger partial charge < -0.3 is 16.2 Å². The molecule has 1 fully saturated rings. The van der Waals surface area contributed by atoms with Crippen molar-refractivity contribution in [2.45, 2.75) is 68.3 Å². The van der Waals surface area contributed by atoms with Crippen LogP contribution in [-0.4, -0.2) is 63.7 Å². The van der Waals surface area contributed by atoms with E-state index in [0.29, 0.717) is 19.5 Å². The molecule has 0 aromatic heterocycles. The lowest BCUT2D eigenvalue weighted by molar-refractivity contribution is -0.141. The zero-order chi connectivity index (χ0) is 17.4. The highest BCUT2D eigenvalue weighted by atomic mass is 79.9. The molecule has 1 saturated heterocycles. The number of nitrogens with zero attached hydrogens (tertiary/aromatic N) is 1. The monoisotopic (exact) mass is 391 g/mol. The fourth-order valence-electron chi connectivity index (χ4n) is 4.02. The Balaban J connectivity index is 2.29. The average Bonchev–Trinajstić information content (AvgIpc) is 2.48. The van der Waals surface area contributed by atoms with Crippen molar-refractivity contribution in [2.24, 2.45) is 5.73 Å². The van der Waals surface area contributed by atoms with Crippen molar-refractivity contribution in [1.82, 2.24) is 10.2 Å². The number of nitrogens with one attached hydrogen (secondary N) is 1. The summed E-state index contributed by atoms with van der Waals surface area (Å²) in [6, 6.07) is -1.43. The van der Waals surface area contributed by atoms with E-state index in [1.807, 2.05) is 26.8 Å². The third-order valence-electron chi connectivity index (χ3n) is 5.09. The predicted octanol–water partition coefficient (Wildman–Crippen LogP) is 1.66. The Bertz CT molecular complexity index is 490. The van der Waals surface area contributed by atoms with E-state index in [4.69, 9.17) is 5.73 Å². The SMILES string of the molecule is CCN1C[C@@](C)(C2=CC(Br)CCC2F)N[C@@H](C)[C@H]1C(N)C(=O)O. The smallest absolute Gasteiger partial charge is 0.322 e. The molecule has 2 aliphatic rings. The van der Waals surface area contributed by atoms with Gasteiger partial charge in [0.2, 0.25) is 0 Å². The molecule has 2 rings (SSSR count). The number of carboxylic acids is 1. The maximum absolute atomic E-state index is 14.5. The molecule has 0 amide bonds. The van der Waals surface area contributed by atoms with Gasteiger partial charge in [0.25, 0.3) is 0 Å². The Kier molecular flexibility index (Phi) is 5.87. The molecule has 3 unspecified atom stereocenters. The first-order valence-electron chi connectivity index (χ1n) is 8.20. The number of allylic oxidation sites excluding steroid dienone is 1. The number of halogens is 2. The number of alkyl halides is 2. The van der Waals surface area contributed by atoms with Gasteiger partial charge in [0, 0.05) is 17.4 Å². The first-order valence-corrected chi connectivity index (χ1v) is 9.11. The minimum absolute atomic E-state index is 0.149. The highest BCUT2D eigenvalue weighted by molar-refractivity contribution is 9.09. The molecule has 0 bridgehead atoms. The molecule has 0 aromatic carbocycles. The number of rotatable bonds is 4. The maximum atomic E-state index is 14.5. The summed E-state index contributed by atoms with van der Waals surface area (Å²) in [5, 5.41) is 12.7. The zero-order valence-electron chi connectivity index (χ0n) is 13.9. The Hall–Kier alpha value is -0.500. The van der Waals surface area contributed by atoms with E-state index in [1.165, 1.54) is 0 Å². The van der Waals surface area contributed by atoms with Gasteiger partial charge in [-0.25, -0.2) is 4.39 Å². The van der Waals surface area contributed by atoms with Gasteiger partial charge in [-0.2, -0.15) is 0 Å². The van der Waals surface area contributed by atoms with Crippen molar-refractivity contribution in [3.63, 3.8) is 0 Å². The van der Waals surface area contributed by atoms with Crippen LogP contribution in [0.2, 0.25) is 0 Å². The van der Waals surface area contributed by atoms with Crippen molar-refractivity contribution in [3.8, 4) is 0 Å². The highest BCUT2D eigenvalue weighted by Gasteiger charge is 2.47. The summed E-state index contributed by atoms with van der Waals surface area (Å²) < 4.78 is 14.5. The highest BCUT2D eigenvalue weighted by Crippen LogP contribution is 2.36. The number of aliphatic carboxylic acids is 1. The van der Waals surface area contributed by atoms with Gasteiger partial charge in [-0.1, -0.05) is 28.9 Å². The molecule has 0 saturated carbocycles. The number of likely N-dealkylation sites (N-methyl/N-ethyl adjacent to an activating group) is 1. The minimum atomic E-state index is -1.01. The van der Waals surface area contributed by atoms with E-state index in [-0.39, 0.29) is 16.9 Å². The van der Waals surface area contributed by atoms with Crippen molar-refractivity contribution >= 4 is 21.9 Å². The molecule has 4 N–H and O–H groups in total. The third-order valence-corrected chi connectivity index (χ3v) is 5.81. The fourth-order valence-corrected chi connectivity index (χ4v) is 4.57. The molecule has 23 heavy (non-hydrogen) atoms. The van der Waals surface area contributed by atoms with E-state index < -0.39 is 23.7 Å². The quantitative estimate of drug-likeness (QED) is 0.501. The molecule has 0 spiro atoms. The Morgan fingerprint density at radius 3 is 2.87 bits per heavy atom. The van der Waals surface area contributed by atoms with Crippen LogP contribution in [0.5, 0.6) is 0 Å². The van der Waals surface area contributed by atoms with E-state index in [9.17, 15) is 14.3 Å². The van der Waals surface area contributed by atoms with Crippen LogP contribution in [0.3, 0.4) is 0 Å². The summed E-state index contributed by atoms with van der Waals surface area (Å²) in [6.45, 7) is 7.13. The fraction of sp³-hybridized carbons (Fsp3) is 0.812. The second kappa shape index (κ2) is 7.17. The zero-order valence-corrected chi connectivity index (χ0v) is 15.5. The van der Waals surface area contributed by atoms with Gasteiger partial charge in [-0.3, -0.25) is 9.69 Å². The molecule has 1 aliphatic carbocycles. The molecular formula is C16H27BrFN3O2. The van der Waals surface area contributed by atoms with E-state index in [1.54, 1.807) is 0 Å². The molecule has 0 radical (unpaired) electrons. The predicted molar refractivity (Wildman–Crippen MR) is 92.6 cm³/mol. The second-order valence-electron chi connectivity index (χ2n) is 6.87. The van der Waals surface area contributed by atoms with E-state index in [2.05, 4.69) is 26.1 Å². The number of carboxylic acid groups (broad SMARTS) is 1. The lowest BCUT2D eigenvalue weighted by Crippen LogP contribution is -2.72. The van der Waals surface area contributed by atoms with Gasteiger partial charge in [0.1, 0.15) is 12.2 Å². The molecule has 7 heteroatoms. The van der Waals surface area contributed by atoms with E-state index >= 15 is 0 Å². The van der Waals surface area contributed by atoms with Crippen LogP contribution in [0.4, 0.5) is 4.39 Å². The van der Waals surface area contributed by atoms with Crippen LogP contribution in [0.15, 0.2) is 11.6 Å². The molecule has 6 atom stereocenters. The van der Waals surface area contributed by atoms with Crippen molar-refractivity contribution in [2.75, 3.05) is 13.1 Å². The molecule has 1 aliphatic heterocycles. The van der Waals surface area contributed by atoms with Gasteiger partial charge in [0.15, 0.2) is 0 Å². The van der Waals surface area contributed by atoms with Gasteiger partial charge >= 0.3 is 5.97 Å². The Morgan fingerprint density at radius 1 is 1.65 bits per heavy atom. The summed E-state index contributed by atoms with van der Waals surface area (Å²) in [6.07, 6.45) is 2.31. The Labute approximate surface area is 145 Å². The normalized spacial score (nSPS) is 40.5. The average molecular weight is 392 g/mol. The number of hydrogen-bond acceptors (Lipinski definition) is 4. The van der Waals surface area contributed by atoms with Crippen LogP contribution in [0, 0.1) is 0 Å². The first-order chi connectivity index (χ1) is 10.7. The third kappa shape index (κ3) is 3.78. The first kappa shape index (κ1) is 18.8.